The molecule has 0 aliphatic carbocycles. The van der Waals surface area contributed by atoms with Crippen LogP contribution in [0.1, 0.15) is 22.3 Å². The molecule has 2 N–H and O–H groups in total. The molecule has 0 saturated heterocycles. The summed E-state index contributed by atoms with van der Waals surface area (Å²) >= 11 is 1.77. The van der Waals surface area contributed by atoms with E-state index in [9.17, 15) is 0 Å². The lowest BCUT2D eigenvalue weighted by molar-refractivity contribution is 0.185. The first-order chi connectivity index (χ1) is 12.2. The van der Waals surface area contributed by atoms with Gasteiger partial charge in [0.2, 0.25) is 0 Å². The number of rotatable bonds is 7. The first-order valence-corrected chi connectivity index (χ1v) is 9.53. The van der Waals surface area contributed by atoms with Crippen LogP contribution in [0.3, 0.4) is 0 Å². The average Bonchev–Trinajstić information content (AvgIpc) is 2.63. The smallest absolute Gasteiger partial charge is 0.191 e. The van der Waals surface area contributed by atoms with Gasteiger partial charge in [0.15, 0.2) is 5.96 Å². The van der Waals surface area contributed by atoms with Crippen LogP contribution in [0.4, 0.5) is 0 Å². The van der Waals surface area contributed by atoms with Gasteiger partial charge in [-0.05, 0) is 41.5 Å². The predicted molar refractivity (Wildman–Crippen MR) is 107 cm³/mol. The highest BCUT2D eigenvalue weighted by atomic mass is 32.2. The molecule has 0 aliphatic rings. The third kappa shape index (κ3) is 6.11. The van der Waals surface area contributed by atoms with Crippen molar-refractivity contribution in [1.82, 2.24) is 10.6 Å². The van der Waals surface area contributed by atoms with Crippen LogP contribution in [0, 0.1) is 6.92 Å². The maximum absolute atomic E-state index is 5.19. The largest absolute Gasteiger partial charge is 0.380 e. The number of benzene rings is 2. The molecule has 0 amide bonds. The summed E-state index contributed by atoms with van der Waals surface area (Å²) in [4.78, 5) is 5.61. The Kier molecular flexibility index (Phi) is 7.82. The van der Waals surface area contributed by atoms with E-state index in [-0.39, 0.29) is 0 Å². The zero-order chi connectivity index (χ0) is 18.1. The third-order valence-corrected chi connectivity index (χ3v) is 4.69. The van der Waals surface area contributed by atoms with Gasteiger partial charge in [0.1, 0.15) is 0 Å². The second-order valence-corrected chi connectivity index (χ2v) is 6.70. The lowest BCUT2D eigenvalue weighted by atomic mass is 10.1. The van der Waals surface area contributed by atoms with Crippen LogP contribution in [-0.2, 0) is 24.4 Å². The Morgan fingerprint density at radius 3 is 2.56 bits per heavy atom. The number of guanidine groups is 1. The standard InChI is InChI=1S/C20H27N3OS/c1-15-8-9-18(19(10-15)25-4)13-23-20(21-2)22-12-16-6-5-7-17(11-16)14-24-3/h5-11H,12-14H2,1-4H3,(H2,21,22,23). The molecule has 2 rings (SSSR count). The number of hydrogen-bond acceptors (Lipinski definition) is 3. The fourth-order valence-corrected chi connectivity index (χ4v) is 3.29. The lowest BCUT2D eigenvalue weighted by Crippen LogP contribution is -2.36. The first kappa shape index (κ1) is 19.3. The Balaban J connectivity index is 1.92. The van der Waals surface area contributed by atoms with Gasteiger partial charge >= 0.3 is 0 Å². The molecule has 25 heavy (non-hydrogen) atoms. The van der Waals surface area contributed by atoms with Crippen LogP contribution in [0.15, 0.2) is 52.4 Å². The molecule has 0 spiro atoms. The summed E-state index contributed by atoms with van der Waals surface area (Å²) in [5.74, 6) is 0.796. The van der Waals surface area contributed by atoms with Crippen LogP contribution in [-0.4, -0.2) is 26.4 Å². The molecule has 0 radical (unpaired) electrons. The molecule has 0 saturated carbocycles. The Morgan fingerprint density at radius 2 is 1.84 bits per heavy atom. The maximum Gasteiger partial charge on any atom is 0.191 e. The van der Waals surface area contributed by atoms with Crippen molar-refractivity contribution in [3.8, 4) is 0 Å². The minimum atomic E-state index is 0.631. The monoisotopic (exact) mass is 357 g/mol. The van der Waals surface area contributed by atoms with E-state index < -0.39 is 0 Å². The summed E-state index contributed by atoms with van der Waals surface area (Å²) < 4.78 is 5.19. The second-order valence-electron chi connectivity index (χ2n) is 5.85. The van der Waals surface area contributed by atoms with Crippen molar-refractivity contribution in [3.05, 3.63) is 64.7 Å². The van der Waals surface area contributed by atoms with Gasteiger partial charge in [-0.15, -0.1) is 11.8 Å². The van der Waals surface area contributed by atoms with Crippen LogP contribution in [0.2, 0.25) is 0 Å². The Labute approximate surface area is 155 Å². The number of ether oxygens (including phenoxy) is 1. The third-order valence-electron chi connectivity index (χ3n) is 3.87. The number of aliphatic imine (C=N–C) groups is 1. The van der Waals surface area contributed by atoms with Crippen molar-refractivity contribution in [3.63, 3.8) is 0 Å². The number of hydrogen-bond donors (Lipinski definition) is 2. The molecule has 4 nitrogen and oxygen atoms in total. The van der Waals surface area contributed by atoms with E-state index in [0.29, 0.717) is 6.61 Å². The zero-order valence-corrected chi connectivity index (χ0v) is 16.2. The Bertz CT molecular complexity index is 716. The van der Waals surface area contributed by atoms with Crippen molar-refractivity contribution in [1.29, 1.82) is 0 Å². The van der Waals surface area contributed by atoms with Gasteiger partial charge in [0.25, 0.3) is 0 Å². The minimum absolute atomic E-state index is 0.631. The quantitative estimate of drug-likeness (QED) is 0.450. The van der Waals surface area contributed by atoms with Crippen molar-refractivity contribution < 1.29 is 4.74 Å². The number of thioether (sulfide) groups is 1. The first-order valence-electron chi connectivity index (χ1n) is 8.31. The molecule has 0 fully saturated rings. The molecule has 5 heteroatoms. The van der Waals surface area contributed by atoms with Crippen molar-refractivity contribution >= 4 is 17.7 Å². The number of methoxy groups -OCH3 is 1. The lowest BCUT2D eigenvalue weighted by Gasteiger charge is -2.14. The zero-order valence-electron chi connectivity index (χ0n) is 15.4. The van der Waals surface area contributed by atoms with E-state index in [1.54, 1.807) is 25.9 Å². The van der Waals surface area contributed by atoms with Crippen molar-refractivity contribution in [2.45, 2.75) is 31.5 Å². The van der Waals surface area contributed by atoms with Gasteiger partial charge in [0, 0.05) is 32.1 Å². The molecule has 0 heterocycles. The van der Waals surface area contributed by atoms with Crippen LogP contribution in [0.5, 0.6) is 0 Å². The molecular formula is C20H27N3OS. The predicted octanol–water partition coefficient (Wildman–Crippen LogP) is 3.73. The molecule has 0 aliphatic heterocycles. The molecule has 2 aromatic rings. The normalized spacial score (nSPS) is 11.4. The van der Waals surface area contributed by atoms with Gasteiger partial charge in [-0.2, -0.15) is 0 Å². The highest BCUT2D eigenvalue weighted by molar-refractivity contribution is 7.98. The van der Waals surface area contributed by atoms with E-state index in [0.717, 1.165) is 19.0 Å². The van der Waals surface area contributed by atoms with Crippen LogP contribution < -0.4 is 10.6 Å². The van der Waals surface area contributed by atoms with Crippen LogP contribution >= 0.6 is 11.8 Å². The molecule has 134 valence electrons. The van der Waals surface area contributed by atoms with Crippen molar-refractivity contribution in [2.75, 3.05) is 20.4 Å². The maximum atomic E-state index is 5.19. The number of nitrogens with one attached hydrogen (secondary N) is 2. The van der Waals surface area contributed by atoms with E-state index >= 15 is 0 Å². The summed E-state index contributed by atoms with van der Waals surface area (Å²) in [5.41, 5.74) is 4.95. The molecule has 2 aromatic carbocycles. The summed E-state index contributed by atoms with van der Waals surface area (Å²) in [6, 6.07) is 14.9. The van der Waals surface area contributed by atoms with Gasteiger partial charge in [-0.1, -0.05) is 36.4 Å². The van der Waals surface area contributed by atoms with Crippen molar-refractivity contribution in [2.24, 2.45) is 4.99 Å². The fourth-order valence-electron chi connectivity index (χ4n) is 2.58. The summed E-state index contributed by atoms with van der Waals surface area (Å²) in [5, 5.41) is 6.76. The van der Waals surface area contributed by atoms with Gasteiger partial charge in [0.05, 0.1) is 6.61 Å². The molecule has 0 aromatic heterocycles. The van der Waals surface area contributed by atoms with Gasteiger partial charge in [-0.3, -0.25) is 4.99 Å². The average molecular weight is 358 g/mol. The molecule has 0 atom stereocenters. The topological polar surface area (TPSA) is 45.7 Å². The number of aryl methyl sites for hydroxylation is 1. The molecule has 0 bridgehead atoms. The SMILES string of the molecule is CN=C(NCc1cccc(COC)c1)NCc1ccc(C)cc1SC. The Morgan fingerprint density at radius 1 is 1.08 bits per heavy atom. The van der Waals surface area contributed by atoms with Gasteiger partial charge < -0.3 is 15.4 Å². The van der Waals surface area contributed by atoms with Gasteiger partial charge in [-0.25, -0.2) is 0 Å². The van der Waals surface area contributed by atoms with E-state index in [2.05, 4.69) is 71.3 Å². The minimum Gasteiger partial charge on any atom is -0.380 e. The highest BCUT2D eigenvalue weighted by Gasteiger charge is 2.04. The van der Waals surface area contributed by atoms with E-state index in [4.69, 9.17) is 4.74 Å². The number of nitrogens with zero attached hydrogens (tertiary/aromatic N) is 1. The summed E-state index contributed by atoms with van der Waals surface area (Å²) in [6.07, 6.45) is 2.11. The highest BCUT2D eigenvalue weighted by Crippen LogP contribution is 2.21. The van der Waals surface area contributed by atoms with Crippen LogP contribution in [0.25, 0.3) is 0 Å². The molecule has 0 unspecified atom stereocenters. The summed E-state index contributed by atoms with van der Waals surface area (Å²) in [6.45, 7) is 4.22. The summed E-state index contributed by atoms with van der Waals surface area (Å²) in [7, 11) is 3.51. The Hall–Kier alpha value is -1.98. The fraction of sp³-hybridized carbons (Fsp3) is 0.350. The second kappa shape index (κ2) is 10.1. The van der Waals surface area contributed by atoms with E-state index in [1.165, 1.54) is 27.1 Å². The molecular weight excluding hydrogens is 330 g/mol. The van der Waals surface area contributed by atoms with E-state index in [1.807, 2.05) is 0 Å².